The Balaban J connectivity index is 1.33. The maximum Gasteiger partial charge on any atom is 0.426 e. The second kappa shape index (κ2) is 8.48. The number of thiazole rings is 1. The second-order valence-corrected chi connectivity index (χ2v) is 7.72. The first kappa shape index (κ1) is 19.8. The maximum absolute atomic E-state index is 12.2. The quantitative estimate of drug-likeness (QED) is 0.644. The van der Waals surface area contributed by atoms with Gasteiger partial charge in [-0.1, -0.05) is 12.1 Å². The minimum Gasteiger partial charge on any atom is -0.368 e. The monoisotopic (exact) mass is 424 g/mol. The number of fused-ring (bicyclic) bond motifs is 1. The molecule has 0 bridgehead atoms. The van der Waals surface area contributed by atoms with E-state index in [4.69, 9.17) is 15.8 Å². The maximum atomic E-state index is 12.2. The van der Waals surface area contributed by atoms with Crippen LogP contribution in [0.3, 0.4) is 0 Å². The van der Waals surface area contributed by atoms with Crippen molar-refractivity contribution in [2.45, 2.75) is 19.5 Å². The third kappa shape index (κ3) is 4.24. The van der Waals surface area contributed by atoms with Crippen molar-refractivity contribution in [1.82, 2.24) is 25.3 Å². The molecule has 11 heteroatoms. The highest BCUT2D eigenvalue weighted by molar-refractivity contribution is 7.16. The van der Waals surface area contributed by atoms with Gasteiger partial charge < -0.3 is 20.8 Å². The third-order valence-corrected chi connectivity index (χ3v) is 5.51. The summed E-state index contributed by atoms with van der Waals surface area (Å²) in [7, 11) is 0. The summed E-state index contributed by atoms with van der Waals surface area (Å²) in [6, 6.07) is 9.11. The molecule has 3 heterocycles. The van der Waals surface area contributed by atoms with E-state index in [0.717, 1.165) is 15.9 Å². The van der Waals surface area contributed by atoms with Gasteiger partial charge in [0.2, 0.25) is 5.95 Å². The van der Waals surface area contributed by atoms with E-state index in [2.05, 4.69) is 31.2 Å². The van der Waals surface area contributed by atoms with Crippen LogP contribution >= 0.6 is 11.3 Å². The highest BCUT2D eigenvalue weighted by Crippen LogP contribution is 2.28. The van der Waals surface area contributed by atoms with Gasteiger partial charge in [-0.15, -0.1) is 16.4 Å². The number of benzene rings is 1. The summed E-state index contributed by atoms with van der Waals surface area (Å²) in [4.78, 5) is 33.4. The van der Waals surface area contributed by atoms with Gasteiger partial charge in [-0.3, -0.25) is 0 Å². The Morgan fingerprint density at radius 2 is 2.17 bits per heavy atom. The highest BCUT2D eigenvalue weighted by atomic mass is 32.1. The molecule has 30 heavy (non-hydrogen) atoms. The fourth-order valence-corrected chi connectivity index (χ4v) is 3.97. The fraction of sp³-hybridized carbons (Fsp3) is 0.316. The van der Waals surface area contributed by atoms with Gasteiger partial charge in [0.05, 0.1) is 30.2 Å². The molecule has 10 nitrogen and oxygen atoms in total. The van der Waals surface area contributed by atoms with Gasteiger partial charge in [0.1, 0.15) is 5.52 Å². The van der Waals surface area contributed by atoms with Gasteiger partial charge in [0.25, 0.3) is 0 Å². The summed E-state index contributed by atoms with van der Waals surface area (Å²) in [5.74, 6) is 0.922. The van der Waals surface area contributed by atoms with Gasteiger partial charge in [-0.05, 0) is 24.6 Å². The molecule has 0 saturated carbocycles. The first-order valence-electron chi connectivity index (χ1n) is 9.36. The third-order valence-electron chi connectivity index (χ3n) is 4.79. The number of nitriles is 1. The summed E-state index contributed by atoms with van der Waals surface area (Å²) >= 11 is 1.42. The van der Waals surface area contributed by atoms with Crippen LogP contribution in [-0.4, -0.2) is 51.8 Å². The fourth-order valence-electron chi connectivity index (χ4n) is 3.31. The van der Waals surface area contributed by atoms with Crippen LogP contribution < -0.4 is 16.0 Å². The Labute approximate surface area is 176 Å². The lowest BCUT2D eigenvalue weighted by atomic mass is 10.1. The summed E-state index contributed by atoms with van der Waals surface area (Å²) in [6.45, 7) is 3.99. The predicted molar refractivity (Wildman–Crippen MR) is 112 cm³/mol. The van der Waals surface area contributed by atoms with Crippen LogP contribution in [0.15, 0.2) is 29.8 Å². The largest absolute Gasteiger partial charge is 0.426 e. The molecule has 3 N–H and O–H groups in total. The molecule has 1 fully saturated rings. The molecule has 0 spiro atoms. The number of hydroxylamine groups is 2. The molecule has 2 aromatic heterocycles. The number of nitrogens with zero attached hydrogens (tertiary/aromatic N) is 6. The minimum absolute atomic E-state index is 0.0317. The number of nitrogens with two attached hydrogens (primary N) is 1. The molecule has 1 aromatic carbocycles. The molecule has 1 aliphatic rings. The first-order valence-corrected chi connectivity index (χ1v) is 10.2. The molecule has 0 aliphatic carbocycles. The zero-order valence-corrected chi connectivity index (χ0v) is 17.1. The smallest absolute Gasteiger partial charge is 0.368 e. The van der Waals surface area contributed by atoms with Gasteiger partial charge in [0.15, 0.2) is 10.6 Å². The Bertz CT molecular complexity index is 1090. The number of anilines is 2. The van der Waals surface area contributed by atoms with Gasteiger partial charge in [0, 0.05) is 19.1 Å². The zero-order valence-electron chi connectivity index (χ0n) is 16.3. The highest BCUT2D eigenvalue weighted by Gasteiger charge is 2.29. The van der Waals surface area contributed by atoms with Crippen molar-refractivity contribution in [3.8, 4) is 6.07 Å². The second-order valence-electron chi connectivity index (χ2n) is 6.88. The topological polar surface area (TPSA) is 133 Å². The first-order chi connectivity index (χ1) is 14.5. The van der Waals surface area contributed by atoms with Crippen molar-refractivity contribution in [2.75, 3.05) is 30.3 Å². The molecule has 0 radical (unpaired) electrons. The molecule has 4 rings (SSSR count). The van der Waals surface area contributed by atoms with E-state index in [1.54, 1.807) is 34.8 Å². The number of rotatable bonds is 4. The van der Waals surface area contributed by atoms with Crippen molar-refractivity contribution >= 4 is 39.5 Å². The van der Waals surface area contributed by atoms with Crippen LogP contribution in [0.1, 0.15) is 18.1 Å². The molecule has 1 atom stereocenters. The number of nitrogens with one attached hydrogen (secondary N) is 1. The van der Waals surface area contributed by atoms with Gasteiger partial charge >= 0.3 is 6.09 Å². The van der Waals surface area contributed by atoms with Crippen molar-refractivity contribution in [1.29, 1.82) is 5.26 Å². The Morgan fingerprint density at radius 3 is 2.90 bits per heavy atom. The zero-order chi connectivity index (χ0) is 21.1. The number of hydrogen-bond donors (Lipinski definition) is 2. The van der Waals surface area contributed by atoms with E-state index in [0.29, 0.717) is 37.6 Å². The van der Waals surface area contributed by atoms with Crippen LogP contribution in [0.25, 0.3) is 10.3 Å². The summed E-state index contributed by atoms with van der Waals surface area (Å²) in [6.07, 6.45) is -0.520. The molecule has 1 aliphatic heterocycles. The molecular weight excluding hydrogens is 404 g/mol. The lowest BCUT2D eigenvalue weighted by Gasteiger charge is -2.39. The summed E-state index contributed by atoms with van der Waals surface area (Å²) in [5, 5.41) is 13.2. The van der Waals surface area contributed by atoms with Crippen LogP contribution in [0.2, 0.25) is 0 Å². The molecule has 154 valence electrons. The van der Waals surface area contributed by atoms with E-state index in [-0.39, 0.29) is 12.0 Å². The molecule has 0 unspecified atom stereocenters. The number of piperazine rings is 1. The average molecular weight is 424 g/mol. The lowest BCUT2D eigenvalue weighted by Crippen LogP contribution is -2.53. The van der Waals surface area contributed by atoms with Crippen molar-refractivity contribution in [2.24, 2.45) is 0 Å². The van der Waals surface area contributed by atoms with Gasteiger partial charge in [-0.25, -0.2) is 14.8 Å². The number of carbonyl (C=O) groups is 1. The van der Waals surface area contributed by atoms with E-state index >= 15 is 0 Å². The van der Waals surface area contributed by atoms with Crippen LogP contribution in [-0.2, 0) is 11.4 Å². The van der Waals surface area contributed by atoms with E-state index in [1.165, 1.54) is 11.3 Å². The average Bonchev–Trinajstić information content (AvgIpc) is 3.21. The van der Waals surface area contributed by atoms with E-state index in [9.17, 15) is 4.79 Å². The van der Waals surface area contributed by atoms with Crippen LogP contribution in [0, 0.1) is 11.3 Å². The Kier molecular flexibility index (Phi) is 5.60. The number of amides is 1. The lowest BCUT2D eigenvalue weighted by molar-refractivity contribution is -0.109. The van der Waals surface area contributed by atoms with Crippen LogP contribution in [0.4, 0.5) is 16.6 Å². The predicted octanol–water partition coefficient (Wildman–Crippen LogP) is 1.89. The molecule has 1 amide bonds. The number of carbonyl (C=O) groups excluding carboxylic acids is 1. The van der Waals surface area contributed by atoms with E-state index in [1.807, 2.05) is 6.92 Å². The number of nitrogen functional groups attached to an aromatic ring is 1. The number of aromatic nitrogens is 3. The minimum atomic E-state index is -0.520. The number of hydrogen-bond acceptors (Lipinski definition) is 10. The SMILES string of the molecule is C[C@H]1CN(OC(=O)NCc2ccc(C#N)cc2)CCN1c1nc(N)nc2scnc12. The Hall–Kier alpha value is -3.49. The van der Waals surface area contributed by atoms with E-state index < -0.39 is 6.09 Å². The van der Waals surface area contributed by atoms with Crippen molar-refractivity contribution in [3.63, 3.8) is 0 Å². The van der Waals surface area contributed by atoms with Crippen LogP contribution in [0.5, 0.6) is 0 Å². The van der Waals surface area contributed by atoms with Crippen molar-refractivity contribution in [3.05, 3.63) is 40.9 Å². The molecular formula is C19H20N8O2S. The Morgan fingerprint density at radius 1 is 1.37 bits per heavy atom. The normalized spacial score (nSPS) is 16.9. The standard InChI is InChI=1S/C19H20N8O2S/c1-12-10-26(29-19(28)22-9-14-4-2-13(8-20)3-5-14)6-7-27(12)16-15-17(30-11-23-15)25-18(21)24-16/h2-5,11-12H,6-7,9-10H2,1H3,(H,22,28)(H2,21,24,25)/t12-/m0/s1. The molecule has 1 saturated heterocycles. The summed E-state index contributed by atoms with van der Waals surface area (Å²) in [5.41, 5.74) is 9.78. The van der Waals surface area contributed by atoms with Gasteiger partial charge in [-0.2, -0.15) is 10.2 Å². The van der Waals surface area contributed by atoms with Crippen molar-refractivity contribution < 1.29 is 9.63 Å². The summed E-state index contributed by atoms with van der Waals surface area (Å²) < 4.78 is 0. The molecule has 3 aromatic rings.